The number of rotatable bonds is 5. The van der Waals surface area contributed by atoms with Gasteiger partial charge in [-0.15, -0.1) is 11.6 Å². The molecule has 1 aliphatic heterocycles. The topological polar surface area (TPSA) is 21.3 Å². The lowest BCUT2D eigenvalue weighted by Gasteiger charge is -2.27. The first kappa shape index (κ1) is 14.2. The van der Waals surface area contributed by atoms with Crippen molar-refractivity contribution in [1.82, 2.24) is 5.32 Å². The minimum absolute atomic E-state index is 0.112. The van der Waals surface area contributed by atoms with E-state index in [1.54, 1.807) is 12.1 Å². The lowest BCUT2D eigenvalue weighted by molar-refractivity contribution is 0.215. The zero-order valence-corrected chi connectivity index (χ0v) is 12.4. The van der Waals surface area contributed by atoms with Crippen LogP contribution in [0.2, 0.25) is 0 Å². The van der Waals surface area contributed by atoms with Gasteiger partial charge in [-0.05, 0) is 36.5 Å². The van der Waals surface area contributed by atoms with Crippen molar-refractivity contribution in [1.29, 1.82) is 0 Å². The fourth-order valence-corrected chi connectivity index (χ4v) is 3.75. The summed E-state index contributed by atoms with van der Waals surface area (Å²) in [6, 6.07) is 4.75. The zero-order valence-electron chi connectivity index (χ0n) is 11.6. The summed E-state index contributed by atoms with van der Waals surface area (Å²) < 4.78 is 19.0. The van der Waals surface area contributed by atoms with Crippen LogP contribution in [0.25, 0.3) is 0 Å². The predicted molar refractivity (Wildman–Crippen MR) is 79.0 cm³/mol. The third-order valence-corrected chi connectivity index (χ3v) is 5.15. The molecule has 1 aliphatic carbocycles. The molecule has 1 atom stereocenters. The van der Waals surface area contributed by atoms with Gasteiger partial charge in [0.1, 0.15) is 17.7 Å². The SMILES string of the molecule is Fc1ccc2c(c1)CC(CNCC1(CCl)CCCC1)O2. The lowest BCUT2D eigenvalue weighted by Crippen LogP contribution is -2.38. The summed E-state index contributed by atoms with van der Waals surface area (Å²) in [4.78, 5) is 0. The van der Waals surface area contributed by atoms with Gasteiger partial charge in [0.25, 0.3) is 0 Å². The minimum atomic E-state index is -0.187. The lowest BCUT2D eigenvalue weighted by atomic mass is 9.88. The maximum atomic E-state index is 13.2. The van der Waals surface area contributed by atoms with Crippen LogP contribution in [0.5, 0.6) is 5.75 Å². The molecule has 1 aromatic rings. The molecule has 0 saturated heterocycles. The third kappa shape index (κ3) is 2.94. The van der Waals surface area contributed by atoms with Crippen molar-refractivity contribution in [3.8, 4) is 5.75 Å². The van der Waals surface area contributed by atoms with E-state index in [4.69, 9.17) is 16.3 Å². The quantitative estimate of drug-likeness (QED) is 0.840. The largest absolute Gasteiger partial charge is 0.488 e. The van der Waals surface area contributed by atoms with Crippen molar-refractivity contribution in [3.63, 3.8) is 0 Å². The second kappa shape index (κ2) is 5.90. The molecular weight excluding hydrogens is 277 g/mol. The van der Waals surface area contributed by atoms with E-state index in [0.29, 0.717) is 0 Å². The molecule has 4 heteroatoms. The van der Waals surface area contributed by atoms with E-state index in [9.17, 15) is 4.39 Å². The van der Waals surface area contributed by atoms with E-state index >= 15 is 0 Å². The first-order valence-corrected chi connectivity index (χ1v) is 7.96. The molecule has 0 aromatic heterocycles. The maximum Gasteiger partial charge on any atom is 0.123 e. The van der Waals surface area contributed by atoms with Crippen molar-refractivity contribution < 1.29 is 9.13 Å². The molecule has 3 rings (SSSR count). The van der Waals surface area contributed by atoms with Crippen LogP contribution < -0.4 is 10.1 Å². The third-order valence-electron chi connectivity index (χ3n) is 4.58. The smallest absolute Gasteiger partial charge is 0.123 e. The standard InChI is InChI=1S/C16H21ClFNO/c17-10-16(5-1-2-6-16)11-19-9-14-8-12-7-13(18)3-4-15(12)20-14/h3-4,7,14,19H,1-2,5-6,8-11H2. The van der Waals surface area contributed by atoms with Gasteiger partial charge in [0, 0.05) is 31.0 Å². The summed E-state index contributed by atoms with van der Waals surface area (Å²) in [7, 11) is 0. The molecule has 1 aromatic carbocycles. The van der Waals surface area contributed by atoms with E-state index in [0.717, 1.165) is 36.7 Å². The van der Waals surface area contributed by atoms with Crippen LogP contribution in [-0.4, -0.2) is 25.1 Å². The number of nitrogens with one attached hydrogen (secondary N) is 1. The van der Waals surface area contributed by atoms with Gasteiger partial charge in [-0.2, -0.15) is 0 Å². The Hall–Kier alpha value is -0.800. The highest BCUT2D eigenvalue weighted by atomic mass is 35.5. The Kier molecular flexibility index (Phi) is 4.18. The summed E-state index contributed by atoms with van der Waals surface area (Å²) in [6.07, 6.45) is 5.92. The van der Waals surface area contributed by atoms with Gasteiger partial charge < -0.3 is 10.1 Å². The van der Waals surface area contributed by atoms with Crippen molar-refractivity contribution in [3.05, 3.63) is 29.6 Å². The van der Waals surface area contributed by atoms with Gasteiger partial charge in [0.15, 0.2) is 0 Å². The summed E-state index contributed by atoms with van der Waals surface area (Å²) in [5.74, 6) is 1.37. The van der Waals surface area contributed by atoms with Crippen molar-refractivity contribution in [2.75, 3.05) is 19.0 Å². The first-order chi connectivity index (χ1) is 9.71. The van der Waals surface area contributed by atoms with Crippen LogP contribution >= 0.6 is 11.6 Å². The fraction of sp³-hybridized carbons (Fsp3) is 0.625. The maximum absolute atomic E-state index is 13.2. The van der Waals surface area contributed by atoms with Crippen molar-refractivity contribution >= 4 is 11.6 Å². The predicted octanol–water partition coefficient (Wildman–Crippen LogP) is 3.52. The highest BCUT2D eigenvalue weighted by molar-refractivity contribution is 6.18. The second-order valence-electron chi connectivity index (χ2n) is 6.17. The molecule has 1 saturated carbocycles. The minimum Gasteiger partial charge on any atom is -0.488 e. The number of alkyl halides is 1. The number of halogens is 2. The van der Waals surface area contributed by atoms with E-state index < -0.39 is 0 Å². The summed E-state index contributed by atoms with van der Waals surface area (Å²) in [5.41, 5.74) is 1.25. The van der Waals surface area contributed by atoms with Crippen LogP contribution in [0.4, 0.5) is 4.39 Å². The second-order valence-corrected chi connectivity index (χ2v) is 6.43. The normalized spacial score (nSPS) is 23.6. The molecule has 0 amide bonds. The Morgan fingerprint density at radius 3 is 2.90 bits per heavy atom. The van der Waals surface area contributed by atoms with Crippen molar-refractivity contribution in [2.45, 2.75) is 38.2 Å². The number of fused-ring (bicyclic) bond motifs is 1. The van der Waals surface area contributed by atoms with E-state index in [-0.39, 0.29) is 17.3 Å². The van der Waals surface area contributed by atoms with Gasteiger partial charge >= 0.3 is 0 Å². The van der Waals surface area contributed by atoms with Crippen molar-refractivity contribution in [2.24, 2.45) is 5.41 Å². The Labute approximate surface area is 124 Å². The Balaban J connectivity index is 1.49. The zero-order chi connectivity index (χ0) is 14.0. The molecule has 1 N–H and O–H groups in total. The average Bonchev–Trinajstić information content (AvgIpc) is 3.05. The molecule has 2 aliphatic rings. The highest BCUT2D eigenvalue weighted by Crippen LogP contribution is 2.38. The molecule has 0 radical (unpaired) electrons. The summed E-state index contributed by atoms with van der Waals surface area (Å²) >= 11 is 6.14. The molecule has 1 unspecified atom stereocenters. The van der Waals surface area contributed by atoms with E-state index in [2.05, 4.69) is 5.32 Å². The van der Waals surface area contributed by atoms with Crippen LogP contribution in [-0.2, 0) is 6.42 Å². The first-order valence-electron chi connectivity index (χ1n) is 7.43. The van der Waals surface area contributed by atoms with Crippen LogP contribution in [0, 0.1) is 11.2 Å². The molecule has 110 valence electrons. The van der Waals surface area contributed by atoms with Gasteiger partial charge in [0.05, 0.1) is 0 Å². The molecule has 0 bridgehead atoms. The molecular formula is C16H21ClFNO. The van der Waals surface area contributed by atoms with Gasteiger partial charge in [-0.1, -0.05) is 12.8 Å². The number of hydrogen-bond donors (Lipinski definition) is 1. The van der Waals surface area contributed by atoms with Crippen LogP contribution in [0.1, 0.15) is 31.2 Å². The monoisotopic (exact) mass is 297 g/mol. The van der Waals surface area contributed by atoms with Gasteiger partial charge in [0.2, 0.25) is 0 Å². The molecule has 2 nitrogen and oxygen atoms in total. The molecule has 20 heavy (non-hydrogen) atoms. The molecule has 0 spiro atoms. The summed E-state index contributed by atoms with van der Waals surface area (Å²) in [6.45, 7) is 1.76. The average molecular weight is 298 g/mol. The highest BCUT2D eigenvalue weighted by Gasteiger charge is 2.33. The molecule has 1 heterocycles. The summed E-state index contributed by atoms with van der Waals surface area (Å²) in [5, 5.41) is 3.51. The van der Waals surface area contributed by atoms with E-state index in [1.807, 2.05) is 0 Å². The Bertz CT molecular complexity index is 474. The van der Waals surface area contributed by atoms with Crippen LogP contribution in [0.15, 0.2) is 18.2 Å². The number of benzene rings is 1. The fourth-order valence-electron chi connectivity index (χ4n) is 3.38. The molecule has 1 fully saturated rings. The van der Waals surface area contributed by atoms with E-state index in [1.165, 1.54) is 31.7 Å². The van der Waals surface area contributed by atoms with Gasteiger partial charge in [-0.25, -0.2) is 4.39 Å². The van der Waals surface area contributed by atoms with Gasteiger partial charge in [-0.3, -0.25) is 0 Å². The Morgan fingerprint density at radius 2 is 2.15 bits per heavy atom. The number of hydrogen-bond acceptors (Lipinski definition) is 2. The van der Waals surface area contributed by atoms with Crippen LogP contribution in [0.3, 0.4) is 0 Å². The number of ether oxygens (including phenoxy) is 1. The Morgan fingerprint density at radius 1 is 1.35 bits per heavy atom.